The van der Waals surface area contributed by atoms with E-state index in [1.54, 1.807) is 6.07 Å². The highest BCUT2D eigenvalue weighted by molar-refractivity contribution is 6.05. The van der Waals surface area contributed by atoms with Crippen molar-refractivity contribution in [3.8, 4) is 11.5 Å². The van der Waals surface area contributed by atoms with E-state index in [2.05, 4.69) is 5.16 Å². The third kappa shape index (κ3) is 2.92. The monoisotopic (exact) mass is 251 g/mol. The first-order valence-corrected chi connectivity index (χ1v) is 5.93. The van der Waals surface area contributed by atoms with Gasteiger partial charge < -0.3 is 19.4 Å². The number of fused-ring (bicyclic) bond motifs is 1. The molecule has 5 nitrogen and oxygen atoms in total. The third-order valence-electron chi connectivity index (χ3n) is 2.55. The van der Waals surface area contributed by atoms with Crippen LogP contribution in [-0.2, 0) is 4.74 Å². The van der Waals surface area contributed by atoms with E-state index in [4.69, 9.17) is 19.4 Å². The number of ether oxygens (including phenoxy) is 3. The van der Waals surface area contributed by atoms with Crippen molar-refractivity contribution >= 4 is 5.71 Å². The van der Waals surface area contributed by atoms with E-state index in [0.717, 1.165) is 11.3 Å². The van der Waals surface area contributed by atoms with Crippen LogP contribution in [0, 0.1) is 0 Å². The van der Waals surface area contributed by atoms with E-state index >= 15 is 0 Å². The topological polar surface area (TPSA) is 60.3 Å². The highest BCUT2D eigenvalue weighted by atomic mass is 16.5. The molecule has 0 amide bonds. The molecule has 0 spiro atoms. The minimum Gasteiger partial charge on any atom is -0.491 e. The standard InChI is InChI=1S/C13H17NO4/c1-9(2)16-5-6-17-10-3-4-11-12(14-15)8-18-13(11)7-10/h3-4,7,9,15H,5-6,8H2,1-2H3. The van der Waals surface area contributed by atoms with Crippen LogP contribution < -0.4 is 9.47 Å². The molecule has 1 aliphatic rings. The Morgan fingerprint density at radius 3 is 2.94 bits per heavy atom. The lowest BCUT2D eigenvalue weighted by atomic mass is 10.1. The lowest BCUT2D eigenvalue weighted by Crippen LogP contribution is -2.11. The zero-order valence-electron chi connectivity index (χ0n) is 10.5. The highest BCUT2D eigenvalue weighted by Gasteiger charge is 2.20. The second kappa shape index (κ2) is 5.73. The van der Waals surface area contributed by atoms with Gasteiger partial charge in [-0.15, -0.1) is 0 Å². The summed E-state index contributed by atoms with van der Waals surface area (Å²) in [6, 6.07) is 5.45. The Kier molecular flexibility index (Phi) is 4.04. The first-order chi connectivity index (χ1) is 8.70. The zero-order valence-corrected chi connectivity index (χ0v) is 10.5. The summed E-state index contributed by atoms with van der Waals surface area (Å²) in [5.41, 5.74) is 1.35. The fourth-order valence-corrected chi connectivity index (χ4v) is 1.70. The van der Waals surface area contributed by atoms with Gasteiger partial charge in [0.1, 0.15) is 30.4 Å². The molecular weight excluding hydrogens is 234 g/mol. The molecule has 98 valence electrons. The molecule has 1 aromatic rings. The average molecular weight is 251 g/mol. The van der Waals surface area contributed by atoms with Crippen LogP contribution in [0.1, 0.15) is 19.4 Å². The molecule has 0 aliphatic carbocycles. The Morgan fingerprint density at radius 2 is 2.22 bits per heavy atom. The lowest BCUT2D eigenvalue weighted by molar-refractivity contribution is 0.0552. The smallest absolute Gasteiger partial charge is 0.134 e. The number of rotatable bonds is 5. The Hall–Kier alpha value is -1.75. The molecule has 5 heteroatoms. The van der Waals surface area contributed by atoms with E-state index in [-0.39, 0.29) is 6.10 Å². The normalized spacial score (nSPS) is 15.8. The molecule has 0 aromatic heterocycles. The molecule has 0 saturated carbocycles. The van der Waals surface area contributed by atoms with Gasteiger partial charge in [0.15, 0.2) is 0 Å². The minimum absolute atomic E-state index is 0.209. The Bertz CT molecular complexity index is 443. The average Bonchev–Trinajstić information content (AvgIpc) is 2.76. The van der Waals surface area contributed by atoms with Gasteiger partial charge in [0.05, 0.1) is 12.7 Å². The molecule has 18 heavy (non-hydrogen) atoms. The van der Waals surface area contributed by atoms with Crippen molar-refractivity contribution in [2.45, 2.75) is 20.0 Å². The Labute approximate surface area is 106 Å². The number of hydrogen-bond donors (Lipinski definition) is 1. The van der Waals surface area contributed by atoms with Gasteiger partial charge >= 0.3 is 0 Å². The van der Waals surface area contributed by atoms with E-state index < -0.39 is 0 Å². The van der Waals surface area contributed by atoms with Crippen molar-refractivity contribution in [3.63, 3.8) is 0 Å². The van der Waals surface area contributed by atoms with Crippen molar-refractivity contribution in [2.75, 3.05) is 19.8 Å². The molecule has 1 aromatic carbocycles. The molecule has 2 rings (SSSR count). The van der Waals surface area contributed by atoms with Crippen molar-refractivity contribution < 1.29 is 19.4 Å². The van der Waals surface area contributed by atoms with Gasteiger partial charge in [-0.2, -0.15) is 0 Å². The maximum atomic E-state index is 8.77. The van der Waals surface area contributed by atoms with Gasteiger partial charge in [0, 0.05) is 11.6 Å². The van der Waals surface area contributed by atoms with Crippen LogP contribution in [0.25, 0.3) is 0 Å². The fraction of sp³-hybridized carbons (Fsp3) is 0.462. The van der Waals surface area contributed by atoms with Crippen molar-refractivity contribution in [1.82, 2.24) is 0 Å². The number of hydrogen-bond acceptors (Lipinski definition) is 5. The van der Waals surface area contributed by atoms with E-state index in [0.29, 0.717) is 31.3 Å². The first kappa shape index (κ1) is 12.7. The highest BCUT2D eigenvalue weighted by Crippen LogP contribution is 2.29. The van der Waals surface area contributed by atoms with Crippen LogP contribution in [0.3, 0.4) is 0 Å². The third-order valence-corrected chi connectivity index (χ3v) is 2.55. The number of benzene rings is 1. The maximum Gasteiger partial charge on any atom is 0.134 e. The van der Waals surface area contributed by atoms with Crippen LogP contribution in [0.15, 0.2) is 23.4 Å². The summed E-state index contributed by atoms with van der Waals surface area (Å²) in [5.74, 6) is 1.41. The number of nitrogens with zero attached hydrogens (tertiary/aromatic N) is 1. The predicted octanol–water partition coefficient (Wildman–Crippen LogP) is 2.06. The largest absolute Gasteiger partial charge is 0.491 e. The summed E-state index contributed by atoms with van der Waals surface area (Å²) in [7, 11) is 0. The Balaban J connectivity index is 1.92. The second-order valence-electron chi connectivity index (χ2n) is 4.26. The maximum absolute atomic E-state index is 8.77. The van der Waals surface area contributed by atoms with Crippen molar-refractivity contribution in [3.05, 3.63) is 23.8 Å². The van der Waals surface area contributed by atoms with Crippen LogP contribution in [0.4, 0.5) is 0 Å². The van der Waals surface area contributed by atoms with Crippen LogP contribution >= 0.6 is 0 Å². The van der Waals surface area contributed by atoms with E-state index in [1.807, 2.05) is 26.0 Å². The molecule has 0 unspecified atom stereocenters. The molecule has 0 atom stereocenters. The molecular formula is C13H17NO4. The molecule has 0 saturated heterocycles. The van der Waals surface area contributed by atoms with Crippen molar-refractivity contribution in [2.24, 2.45) is 5.16 Å². The molecule has 1 N–H and O–H groups in total. The fourth-order valence-electron chi connectivity index (χ4n) is 1.70. The van der Waals surface area contributed by atoms with Gasteiger partial charge in [-0.05, 0) is 26.0 Å². The first-order valence-electron chi connectivity index (χ1n) is 5.93. The molecule has 0 bridgehead atoms. The van der Waals surface area contributed by atoms with Gasteiger partial charge in [-0.25, -0.2) is 0 Å². The second-order valence-corrected chi connectivity index (χ2v) is 4.26. The van der Waals surface area contributed by atoms with Gasteiger partial charge in [0.2, 0.25) is 0 Å². The summed E-state index contributed by atoms with van der Waals surface area (Å²) >= 11 is 0. The van der Waals surface area contributed by atoms with E-state index in [9.17, 15) is 0 Å². The molecule has 0 radical (unpaired) electrons. The van der Waals surface area contributed by atoms with E-state index in [1.165, 1.54) is 0 Å². The minimum atomic E-state index is 0.209. The zero-order chi connectivity index (χ0) is 13.0. The lowest BCUT2D eigenvalue weighted by Gasteiger charge is -2.09. The van der Waals surface area contributed by atoms with Crippen LogP contribution in [-0.4, -0.2) is 36.8 Å². The molecule has 1 aliphatic heterocycles. The van der Waals surface area contributed by atoms with Crippen LogP contribution in [0.5, 0.6) is 11.5 Å². The SMILES string of the molecule is CC(C)OCCOc1ccc2c(c1)OCC2=NO. The summed E-state index contributed by atoms with van der Waals surface area (Å²) < 4.78 is 16.3. The quantitative estimate of drug-likeness (QED) is 0.494. The predicted molar refractivity (Wildman–Crippen MR) is 66.8 cm³/mol. The molecule has 1 heterocycles. The van der Waals surface area contributed by atoms with Gasteiger partial charge in [0.25, 0.3) is 0 Å². The summed E-state index contributed by atoms with van der Waals surface area (Å²) in [6.45, 7) is 5.32. The van der Waals surface area contributed by atoms with Gasteiger partial charge in [-0.1, -0.05) is 5.16 Å². The van der Waals surface area contributed by atoms with Gasteiger partial charge in [-0.3, -0.25) is 0 Å². The van der Waals surface area contributed by atoms with Crippen molar-refractivity contribution in [1.29, 1.82) is 0 Å². The summed E-state index contributed by atoms with van der Waals surface area (Å²) in [5, 5.41) is 12.0. The summed E-state index contributed by atoms with van der Waals surface area (Å²) in [6.07, 6.45) is 0.209. The number of oxime groups is 1. The van der Waals surface area contributed by atoms with Crippen LogP contribution in [0.2, 0.25) is 0 Å². The molecule has 0 fully saturated rings. The Morgan fingerprint density at radius 1 is 1.39 bits per heavy atom. The summed E-state index contributed by atoms with van der Waals surface area (Å²) in [4.78, 5) is 0.